The molecule has 1 aliphatic heterocycles. The lowest BCUT2D eigenvalue weighted by molar-refractivity contribution is -0.164. The van der Waals surface area contributed by atoms with Crippen LogP contribution in [0.1, 0.15) is 78.1 Å². The zero-order valence-electron chi connectivity index (χ0n) is 14.1. The topological polar surface area (TPSA) is 35.5 Å². The van der Waals surface area contributed by atoms with E-state index >= 15 is 0 Å². The molecule has 3 nitrogen and oxygen atoms in total. The molecule has 2 unspecified atom stereocenters. The van der Waals surface area contributed by atoms with Crippen LogP contribution in [0.2, 0.25) is 0 Å². The van der Waals surface area contributed by atoms with Crippen molar-refractivity contribution in [2.45, 2.75) is 90.4 Å². The third-order valence-corrected chi connectivity index (χ3v) is 4.25. The molecule has 22 heavy (non-hydrogen) atoms. The summed E-state index contributed by atoms with van der Waals surface area (Å²) in [5.74, 6) is -0.115. The van der Waals surface area contributed by atoms with Gasteiger partial charge >= 0.3 is 0 Å². The van der Waals surface area contributed by atoms with Gasteiger partial charge in [-0.15, -0.1) is 0 Å². The van der Waals surface area contributed by atoms with Gasteiger partial charge in [-0.1, -0.05) is 76.8 Å². The number of carbonyl (C=O) groups is 1. The summed E-state index contributed by atoms with van der Waals surface area (Å²) >= 11 is 5.97. The van der Waals surface area contributed by atoms with Gasteiger partial charge in [0.15, 0.2) is 6.29 Å². The van der Waals surface area contributed by atoms with Crippen LogP contribution < -0.4 is 0 Å². The molecule has 0 bridgehead atoms. The lowest BCUT2D eigenvalue weighted by Gasteiger charge is -2.26. The summed E-state index contributed by atoms with van der Waals surface area (Å²) in [6, 6.07) is 0. The van der Waals surface area contributed by atoms with E-state index in [1.165, 1.54) is 44.9 Å². The van der Waals surface area contributed by atoms with Gasteiger partial charge in [0.1, 0.15) is 6.10 Å². The third kappa shape index (κ3) is 7.75. The Kier molecular flexibility index (Phi) is 10.8. The molecule has 0 aliphatic carbocycles. The second-order valence-corrected chi connectivity index (χ2v) is 6.41. The van der Waals surface area contributed by atoms with E-state index in [1.807, 2.05) is 6.92 Å². The summed E-state index contributed by atoms with van der Waals surface area (Å²) in [5.41, 5.74) is 0. The fourth-order valence-corrected chi connectivity index (χ4v) is 2.83. The van der Waals surface area contributed by atoms with Crippen LogP contribution in [0.15, 0.2) is 11.1 Å². The Bertz CT molecular complexity index is 341. The first kappa shape index (κ1) is 19.7. The Morgan fingerprint density at radius 1 is 1.05 bits per heavy atom. The zero-order chi connectivity index (χ0) is 16.2. The molecule has 0 aromatic carbocycles. The summed E-state index contributed by atoms with van der Waals surface area (Å²) in [7, 11) is 0. The average molecular weight is 331 g/mol. The van der Waals surface area contributed by atoms with Crippen molar-refractivity contribution in [2.24, 2.45) is 0 Å². The second-order valence-electron chi connectivity index (χ2n) is 6.01. The minimum Gasteiger partial charge on any atom is -0.349 e. The SMILES string of the molecule is CCCCCCCCCCOC1C=C(Cl)C(=O)C(CCC)O1. The number of ether oxygens (including phenoxy) is 2. The average Bonchev–Trinajstić information content (AvgIpc) is 2.50. The normalized spacial score (nSPS) is 22.0. The fraction of sp³-hybridized carbons (Fsp3) is 0.833. The second kappa shape index (κ2) is 12.1. The van der Waals surface area contributed by atoms with Crippen molar-refractivity contribution in [1.82, 2.24) is 0 Å². The van der Waals surface area contributed by atoms with Crippen molar-refractivity contribution in [3.8, 4) is 0 Å². The van der Waals surface area contributed by atoms with Gasteiger partial charge in [0.25, 0.3) is 0 Å². The summed E-state index contributed by atoms with van der Waals surface area (Å²) in [6.45, 7) is 4.93. The van der Waals surface area contributed by atoms with Gasteiger partial charge in [0.05, 0.1) is 11.6 Å². The molecule has 128 valence electrons. The molecule has 0 aromatic rings. The molecule has 0 spiro atoms. The highest BCUT2D eigenvalue weighted by Crippen LogP contribution is 2.22. The summed E-state index contributed by atoms with van der Waals surface area (Å²) in [5, 5.41) is 0.255. The molecule has 0 saturated carbocycles. The van der Waals surface area contributed by atoms with Crippen LogP contribution in [-0.2, 0) is 14.3 Å². The van der Waals surface area contributed by atoms with Crippen molar-refractivity contribution in [2.75, 3.05) is 6.61 Å². The van der Waals surface area contributed by atoms with Crippen molar-refractivity contribution in [3.05, 3.63) is 11.1 Å². The lowest BCUT2D eigenvalue weighted by Crippen LogP contribution is -2.35. The standard InChI is InChI=1S/C18H31ClO3/c1-3-5-6-7-8-9-10-11-13-21-17-14-15(19)18(20)16(22-17)12-4-2/h14,16-17H,3-13H2,1-2H3. The number of ketones is 1. The Labute approximate surface area is 140 Å². The highest BCUT2D eigenvalue weighted by molar-refractivity contribution is 6.43. The van der Waals surface area contributed by atoms with Gasteiger partial charge in [-0.25, -0.2) is 0 Å². The molecule has 0 fully saturated rings. The summed E-state index contributed by atoms with van der Waals surface area (Å²) in [4.78, 5) is 11.8. The molecule has 1 aliphatic rings. The fourth-order valence-electron chi connectivity index (χ4n) is 2.60. The van der Waals surface area contributed by atoms with Crippen LogP contribution in [-0.4, -0.2) is 24.8 Å². The van der Waals surface area contributed by atoms with Crippen LogP contribution in [0, 0.1) is 0 Å². The van der Waals surface area contributed by atoms with Gasteiger partial charge in [0.2, 0.25) is 5.78 Å². The Morgan fingerprint density at radius 2 is 1.68 bits per heavy atom. The van der Waals surface area contributed by atoms with Crippen molar-refractivity contribution in [1.29, 1.82) is 0 Å². The largest absolute Gasteiger partial charge is 0.349 e. The number of carbonyl (C=O) groups excluding carboxylic acids is 1. The van der Waals surface area contributed by atoms with E-state index in [9.17, 15) is 4.79 Å². The third-order valence-electron chi connectivity index (χ3n) is 3.94. The van der Waals surface area contributed by atoms with Gasteiger partial charge in [-0.2, -0.15) is 0 Å². The Balaban J connectivity index is 2.10. The van der Waals surface area contributed by atoms with E-state index in [1.54, 1.807) is 6.08 Å². The predicted octanol–water partition coefficient (Wildman–Crippen LogP) is 5.36. The molecular weight excluding hydrogens is 300 g/mol. The van der Waals surface area contributed by atoms with Gasteiger partial charge in [-0.3, -0.25) is 4.79 Å². The van der Waals surface area contributed by atoms with Gasteiger partial charge in [-0.05, 0) is 18.9 Å². The first-order chi connectivity index (χ1) is 10.7. The van der Waals surface area contributed by atoms with E-state index in [4.69, 9.17) is 21.1 Å². The highest BCUT2D eigenvalue weighted by Gasteiger charge is 2.29. The predicted molar refractivity (Wildman–Crippen MR) is 91.1 cm³/mol. The quantitative estimate of drug-likeness (QED) is 0.452. The van der Waals surface area contributed by atoms with Crippen LogP contribution in [0.25, 0.3) is 0 Å². The Hall–Kier alpha value is -0.380. The summed E-state index contributed by atoms with van der Waals surface area (Å²) < 4.78 is 11.3. The van der Waals surface area contributed by atoms with Crippen molar-refractivity contribution < 1.29 is 14.3 Å². The smallest absolute Gasteiger partial charge is 0.202 e. The van der Waals surface area contributed by atoms with Crippen LogP contribution in [0.4, 0.5) is 0 Å². The van der Waals surface area contributed by atoms with Crippen molar-refractivity contribution in [3.63, 3.8) is 0 Å². The molecular formula is C18H31ClO3. The maximum Gasteiger partial charge on any atom is 0.202 e. The van der Waals surface area contributed by atoms with E-state index < -0.39 is 12.4 Å². The molecule has 1 heterocycles. The molecule has 2 atom stereocenters. The lowest BCUT2D eigenvalue weighted by atomic mass is 10.1. The number of Topliss-reactive ketones (excluding diaryl/α,β-unsaturated/α-hetero) is 1. The monoisotopic (exact) mass is 330 g/mol. The molecule has 4 heteroatoms. The number of halogens is 1. The molecule has 0 aromatic heterocycles. The molecule has 0 amide bonds. The van der Waals surface area contributed by atoms with Crippen LogP contribution in [0.5, 0.6) is 0 Å². The first-order valence-electron chi connectivity index (χ1n) is 8.87. The molecule has 1 rings (SSSR count). The van der Waals surface area contributed by atoms with Gasteiger partial charge in [0, 0.05) is 0 Å². The minimum absolute atomic E-state index is 0.115. The Morgan fingerprint density at radius 3 is 2.32 bits per heavy atom. The van der Waals surface area contributed by atoms with Crippen molar-refractivity contribution >= 4 is 17.4 Å². The van der Waals surface area contributed by atoms with E-state index in [0.29, 0.717) is 13.0 Å². The summed E-state index contributed by atoms with van der Waals surface area (Å²) in [6.07, 6.45) is 12.4. The molecule has 0 N–H and O–H groups in total. The number of unbranched alkanes of at least 4 members (excludes halogenated alkanes) is 7. The van der Waals surface area contributed by atoms with E-state index in [0.717, 1.165) is 12.8 Å². The van der Waals surface area contributed by atoms with Crippen LogP contribution >= 0.6 is 11.6 Å². The minimum atomic E-state index is -0.466. The van der Waals surface area contributed by atoms with Crippen LogP contribution in [0.3, 0.4) is 0 Å². The number of hydrogen-bond acceptors (Lipinski definition) is 3. The highest BCUT2D eigenvalue weighted by atomic mass is 35.5. The maximum atomic E-state index is 11.8. The maximum absolute atomic E-state index is 11.8. The van der Waals surface area contributed by atoms with Gasteiger partial charge < -0.3 is 9.47 Å². The van der Waals surface area contributed by atoms with E-state index in [2.05, 4.69) is 6.92 Å². The number of rotatable bonds is 12. The van der Waals surface area contributed by atoms with E-state index in [-0.39, 0.29) is 10.8 Å². The zero-order valence-corrected chi connectivity index (χ0v) is 14.9. The number of hydrogen-bond donors (Lipinski definition) is 0. The molecule has 0 radical (unpaired) electrons. The molecule has 0 saturated heterocycles. The first-order valence-corrected chi connectivity index (χ1v) is 9.25.